The van der Waals surface area contributed by atoms with Crippen LogP contribution >= 0.6 is 0 Å². The highest BCUT2D eigenvalue weighted by molar-refractivity contribution is 7.89. The molecule has 1 aliphatic heterocycles. The van der Waals surface area contributed by atoms with Gasteiger partial charge in [0.05, 0.1) is 5.75 Å². The molecule has 0 aromatic heterocycles. The first-order valence-corrected chi connectivity index (χ1v) is 6.92. The quantitative estimate of drug-likeness (QED) is 0.735. The Kier molecular flexibility index (Phi) is 4.34. The van der Waals surface area contributed by atoms with Gasteiger partial charge < -0.3 is 5.73 Å². The van der Waals surface area contributed by atoms with E-state index in [0.717, 1.165) is 25.7 Å². The third kappa shape index (κ3) is 2.68. The maximum absolute atomic E-state index is 11.8. The van der Waals surface area contributed by atoms with E-state index in [1.165, 1.54) is 0 Å². The summed E-state index contributed by atoms with van der Waals surface area (Å²) in [4.78, 5) is 0. The van der Waals surface area contributed by atoms with Crippen LogP contribution in [0.3, 0.4) is 0 Å². The Morgan fingerprint density at radius 1 is 1.50 bits per heavy atom. The highest BCUT2D eigenvalue weighted by Gasteiger charge is 2.32. The van der Waals surface area contributed by atoms with Gasteiger partial charge in [0.25, 0.3) is 0 Å². The van der Waals surface area contributed by atoms with Crippen molar-refractivity contribution >= 4 is 10.0 Å². The molecule has 0 amide bonds. The molecule has 5 heteroatoms. The van der Waals surface area contributed by atoms with Crippen LogP contribution in [0.1, 0.15) is 32.6 Å². The summed E-state index contributed by atoms with van der Waals surface area (Å²) in [5, 5.41) is 0. The fourth-order valence-electron chi connectivity index (χ4n) is 1.85. The van der Waals surface area contributed by atoms with Gasteiger partial charge in [0.1, 0.15) is 0 Å². The van der Waals surface area contributed by atoms with Gasteiger partial charge in [-0.15, -0.1) is 0 Å². The Balaban J connectivity index is 2.61. The van der Waals surface area contributed by atoms with Crippen molar-refractivity contribution in [2.45, 2.75) is 38.6 Å². The molecule has 0 saturated carbocycles. The van der Waals surface area contributed by atoms with E-state index in [1.807, 2.05) is 6.92 Å². The minimum atomic E-state index is -3.03. The number of rotatable bonds is 5. The summed E-state index contributed by atoms with van der Waals surface area (Å²) in [7, 11) is -3.03. The summed E-state index contributed by atoms with van der Waals surface area (Å²) in [6.07, 6.45) is 3.53. The number of nitrogens with zero attached hydrogens (tertiary/aromatic N) is 1. The third-order valence-electron chi connectivity index (χ3n) is 2.71. The van der Waals surface area contributed by atoms with Crippen LogP contribution < -0.4 is 5.73 Å². The molecule has 0 radical (unpaired) electrons. The van der Waals surface area contributed by atoms with Crippen LogP contribution in [0.15, 0.2) is 0 Å². The van der Waals surface area contributed by atoms with Crippen LogP contribution in [0, 0.1) is 0 Å². The number of hydrogen-bond donors (Lipinski definition) is 1. The minimum Gasteiger partial charge on any atom is -0.329 e. The standard InChI is InChI=1S/C9H20N2O2S/c1-2-3-7-14(12,13)11-6-4-5-9(11)8-10/h9H,2-8,10H2,1H3. The monoisotopic (exact) mass is 220 g/mol. The Hall–Kier alpha value is -0.130. The smallest absolute Gasteiger partial charge is 0.214 e. The second kappa shape index (κ2) is 5.09. The molecule has 14 heavy (non-hydrogen) atoms. The molecule has 0 spiro atoms. The molecule has 1 rings (SSSR count). The van der Waals surface area contributed by atoms with E-state index in [1.54, 1.807) is 4.31 Å². The Morgan fingerprint density at radius 3 is 2.79 bits per heavy atom. The first-order valence-electron chi connectivity index (χ1n) is 5.31. The Labute approximate surface area is 86.5 Å². The zero-order valence-electron chi connectivity index (χ0n) is 8.78. The summed E-state index contributed by atoms with van der Waals surface area (Å²) in [6, 6.07) is 0.0526. The van der Waals surface area contributed by atoms with Gasteiger partial charge in [-0.25, -0.2) is 8.42 Å². The van der Waals surface area contributed by atoms with Crippen molar-refractivity contribution in [2.24, 2.45) is 5.73 Å². The SMILES string of the molecule is CCCCS(=O)(=O)N1CCCC1CN. The van der Waals surface area contributed by atoms with E-state index in [-0.39, 0.29) is 11.8 Å². The van der Waals surface area contributed by atoms with Gasteiger partial charge in [-0.1, -0.05) is 13.3 Å². The molecule has 0 aromatic rings. The Morgan fingerprint density at radius 2 is 2.21 bits per heavy atom. The van der Waals surface area contributed by atoms with Crippen LogP contribution in [0.5, 0.6) is 0 Å². The molecule has 1 atom stereocenters. The van der Waals surface area contributed by atoms with Gasteiger partial charge >= 0.3 is 0 Å². The summed E-state index contributed by atoms with van der Waals surface area (Å²) in [6.45, 7) is 3.11. The topological polar surface area (TPSA) is 63.4 Å². The van der Waals surface area contributed by atoms with Gasteiger partial charge in [0.15, 0.2) is 0 Å². The van der Waals surface area contributed by atoms with E-state index in [2.05, 4.69) is 0 Å². The van der Waals surface area contributed by atoms with Crippen LogP contribution in [0.4, 0.5) is 0 Å². The fraction of sp³-hybridized carbons (Fsp3) is 1.00. The second-order valence-electron chi connectivity index (χ2n) is 3.81. The highest BCUT2D eigenvalue weighted by atomic mass is 32.2. The van der Waals surface area contributed by atoms with Crippen LogP contribution in [0.25, 0.3) is 0 Å². The van der Waals surface area contributed by atoms with Gasteiger partial charge in [0, 0.05) is 19.1 Å². The number of nitrogens with two attached hydrogens (primary N) is 1. The van der Waals surface area contributed by atoms with Crippen LogP contribution in [0.2, 0.25) is 0 Å². The van der Waals surface area contributed by atoms with E-state index in [4.69, 9.17) is 5.73 Å². The summed E-state index contributed by atoms with van der Waals surface area (Å²) in [5.41, 5.74) is 5.54. The molecule has 1 unspecified atom stereocenters. The van der Waals surface area contributed by atoms with Gasteiger partial charge in [0.2, 0.25) is 10.0 Å². The zero-order valence-corrected chi connectivity index (χ0v) is 9.59. The average molecular weight is 220 g/mol. The van der Waals surface area contributed by atoms with Crippen LogP contribution in [-0.2, 0) is 10.0 Å². The molecule has 4 nitrogen and oxygen atoms in total. The maximum atomic E-state index is 11.8. The van der Waals surface area contributed by atoms with E-state index >= 15 is 0 Å². The number of hydrogen-bond acceptors (Lipinski definition) is 3. The minimum absolute atomic E-state index is 0.0526. The highest BCUT2D eigenvalue weighted by Crippen LogP contribution is 2.20. The maximum Gasteiger partial charge on any atom is 0.214 e. The molecule has 2 N–H and O–H groups in total. The molecule has 1 fully saturated rings. The lowest BCUT2D eigenvalue weighted by Crippen LogP contribution is -2.41. The predicted molar refractivity (Wildman–Crippen MR) is 57.5 cm³/mol. The Bertz CT molecular complexity index is 264. The normalized spacial score (nSPS) is 24.3. The first-order chi connectivity index (χ1) is 6.61. The summed E-state index contributed by atoms with van der Waals surface area (Å²) >= 11 is 0. The number of unbranched alkanes of at least 4 members (excludes halogenated alkanes) is 1. The largest absolute Gasteiger partial charge is 0.329 e. The predicted octanol–water partition coefficient (Wildman–Crippen LogP) is 0.539. The molecule has 0 bridgehead atoms. The van der Waals surface area contributed by atoms with Crippen molar-refractivity contribution in [3.8, 4) is 0 Å². The lowest BCUT2D eigenvalue weighted by molar-refractivity contribution is 0.392. The van der Waals surface area contributed by atoms with E-state index in [0.29, 0.717) is 13.1 Å². The first kappa shape index (κ1) is 11.9. The fourth-order valence-corrected chi connectivity index (χ4v) is 3.80. The molecule has 1 aliphatic rings. The summed E-state index contributed by atoms with van der Waals surface area (Å²) in [5.74, 6) is 0.278. The lowest BCUT2D eigenvalue weighted by Gasteiger charge is -2.22. The number of sulfonamides is 1. The third-order valence-corrected chi connectivity index (χ3v) is 4.71. The van der Waals surface area contributed by atoms with Crippen molar-refractivity contribution in [3.05, 3.63) is 0 Å². The van der Waals surface area contributed by atoms with Crippen molar-refractivity contribution in [3.63, 3.8) is 0 Å². The van der Waals surface area contributed by atoms with E-state index in [9.17, 15) is 8.42 Å². The molecular formula is C9H20N2O2S. The van der Waals surface area contributed by atoms with Crippen LogP contribution in [-0.4, -0.2) is 37.6 Å². The second-order valence-corrected chi connectivity index (χ2v) is 5.85. The van der Waals surface area contributed by atoms with Crippen molar-refractivity contribution in [1.82, 2.24) is 4.31 Å². The zero-order chi connectivity index (χ0) is 10.6. The van der Waals surface area contributed by atoms with Crippen molar-refractivity contribution in [1.29, 1.82) is 0 Å². The van der Waals surface area contributed by atoms with E-state index < -0.39 is 10.0 Å². The van der Waals surface area contributed by atoms with Crippen molar-refractivity contribution in [2.75, 3.05) is 18.8 Å². The molecular weight excluding hydrogens is 200 g/mol. The molecule has 0 aliphatic carbocycles. The van der Waals surface area contributed by atoms with Gasteiger partial charge in [-0.2, -0.15) is 4.31 Å². The molecule has 1 saturated heterocycles. The molecule has 0 aromatic carbocycles. The lowest BCUT2D eigenvalue weighted by atomic mass is 10.2. The van der Waals surface area contributed by atoms with Gasteiger partial charge in [-0.3, -0.25) is 0 Å². The molecule has 1 heterocycles. The van der Waals surface area contributed by atoms with Gasteiger partial charge in [-0.05, 0) is 19.3 Å². The average Bonchev–Trinajstić information content (AvgIpc) is 2.63. The summed E-state index contributed by atoms with van der Waals surface area (Å²) < 4.78 is 25.3. The molecule has 84 valence electrons. The van der Waals surface area contributed by atoms with Crippen molar-refractivity contribution < 1.29 is 8.42 Å².